The van der Waals surface area contributed by atoms with Crippen molar-refractivity contribution in [3.05, 3.63) is 24.3 Å². The molecular formula is C14H20F3NS. The van der Waals surface area contributed by atoms with E-state index >= 15 is 0 Å². The third-order valence-electron chi connectivity index (χ3n) is 2.62. The monoisotopic (exact) mass is 291 g/mol. The van der Waals surface area contributed by atoms with Crippen LogP contribution in [0.25, 0.3) is 0 Å². The molecule has 0 spiro atoms. The highest BCUT2D eigenvalue weighted by atomic mass is 32.2. The summed E-state index contributed by atoms with van der Waals surface area (Å²) in [6, 6.07) is 7.16. The van der Waals surface area contributed by atoms with E-state index in [-0.39, 0.29) is 0 Å². The summed E-state index contributed by atoms with van der Waals surface area (Å²) in [5.74, 6) is -0.846. The van der Waals surface area contributed by atoms with Crippen LogP contribution in [0.15, 0.2) is 29.2 Å². The summed E-state index contributed by atoms with van der Waals surface area (Å²) in [6.07, 6.45) is 0.455. The van der Waals surface area contributed by atoms with Crippen LogP contribution in [-0.4, -0.2) is 18.5 Å². The zero-order valence-electron chi connectivity index (χ0n) is 11.1. The minimum Gasteiger partial charge on any atom is -0.384 e. The Bertz CT molecular complexity index is 366. The summed E-state index contributed by atoms with van der Waals surface area (Å²) < 4.78 is 36.7. The van der Waals surface area contributed by atoms with Gasteiger partial charge in [-0.2, -0.15) is 13.2 Å². The summed E-state index contributed by atoms with van der Waals surface area (Å²) in [4.78, 5) is 0.662. The highest BCUT2D eigenvalue weighted by molar-refractivity contribution is 7.99. The molecule has 5 heteroatoms. The van der Waals surface area contributed by atoms with Crippen molar-refractivity contribution in [2.75, 3.05) is 17.6 Å². The maximum absolute atomic E-state index is 12.2. The first kappa shape index (κ1) is 16.2. The number of halogens is 3. The number of hydrogen-bond donors (Lipinski definition) is 1. The highest BCUT2D eigenvalue weighted by Gasteiger charge is 2.27. The Morgan fingerprint density at radius 2 is 1.84 bits per heavy atom. The standard InChI is InChI=1S/C14H20F3NS/c1-2-3-4-7-10-18-12-8-5-6-9-13(12)19-11-14(15,16)17/h5-6,8-9,18H,2-4,7,10-11H2,1H3. The second-order valence-electron chi connectivity index (χ2n) is 4.39. The van der Waals surface area contributed by atoms with E-state index in [9.17, 15) is 13.2 Å². The van der Waals surface area contributed by atoms with Crippen LogP contribution >= 0.6 is 11.8 Å². The van der Waals surface area contributed by atoms with Gasteiger partial charge in [0.25, 0.3) is 0 Å². The molecule has 1 aromatic rings. The molecule has 0 bridgehead atoms. The van der Waals surface area contributed by atoms with Crippen molar-refractivity contribution < 1.29 is 13.2 Å². The number of nitrogens with one attached hydrogen (secondary N) is 1. The molecule has 1 rings (SSSR count). The number of alkyl halides is 3. The van der Waals surface area contributed by atoms with Gasteiger partial charge in [-0.05, 0) is 18.6 Å². The van der Waals surface area contributed by atoms with Crippen LogP contribution in [0, 0.1) is 0 Å². The van der Waals surface area contributed by atoms with Gasteiger partial charge in [-0.3, -0.25) is 0 Å². The maximum Gasteiger partial charge on any atom is 0.398 e. The molecule has 108 valence electrons. The summed E-state index contributed by atoms with van der Waals surface area (Å²) >= 11 is 0.835. The molecule has 1 N–H and O–H groups in total. The lowest BCUT2D eigenvalue weighted by atomic mass is 10.2. The molecule has 0 unspecified atom stereocenters. The average Bonchev–Trinajstić information content (AvgIpc) is 2.36. The van der Waals surface area contributed by atoms with Gasteiger partial charge in [0, 0.05) is 17.1 Å². The van der Waals surface area contributed by atoms with Crippen molar-refractivity contribution in [2.24, 2.45) is 0 Å². The van der Waals surface area contributed by atoms with E-state index in [4.69, 9.17) is 0 Å². The Labute approximate surface area is 117 Å². The number of benzene rings is 1. The quantitative estimate of drug-likeness (QED) is 0.513. The van der Waals surface area contributed by atoms with Crippen molar-refractivity contribution in [2.45, 2.75) is 43.7 Å². The maximum atomic E-state index is 12.2. The van der Waals surface area contributed by atoms with E-state index in [1.807, 2.05) is 12.1 Å². The zero-order chi connectivity index (χ0) is 14.1. The van der Waals surface area contributed by atoms with Gasteiger partial charge < -0.3 is 5.32 Å². The summed E-state index contributed by atoms with van der Waals surface area (Å²) in [5.41, 5.74) is 0.799. The van der Waals surface area contributed by atoms with E-state index in [1.165, 1.54) is 12.8 Å². The second kappa shape index (κ2) is 8.35. The number of anilines is 1. The van der Waals surface area contributed by atoms with E-state index in [0.29, 0.717) is 4.90 Å². The molecular weight excluding hydrogens is 271 g/mol. The molecule has 0 aliphatic rings. The van der Waals surface area contributed by atoms with Crippen LogP contribution in [0.3, 0.4) is 0 Å². The van der Waals surface area contributed by atoms with Gasteiger partial charge in [0.05, 0.1) is 5.75 Å². The van der Waals surface area contributed by atoms with Crippen molar-refractivity contribution in [3.63, 3.8) is 0 Å². The average molecular weight is 291 g/mol. The van der Waals surface area contributed by atoms with Crippen molar-refractivity contribution in [1.82, 2.24) is 0 Å². The molecule has 1 aromatic carbocycles. The molecule has 0 saturated carbocycles. The van der Waals surface area contributed by atoms with Gasteiger partial charge in [0.1, 0.15) is 0 Å². The van der Waals surface area contributed by atoms with Crippen molar-refractivity contribution >= 4 is 17.4 Å². The van der Waals surface area contributed by atoms with Gasteiger partial charge in [-0.1, -0.05) is 38.3 Å². The largest absolute Gasteiger partial charge is 0.398 e. The third kappa shape index (κ3) is 7.35. The molecule has 19 heavy (non-hydrogen) atoms. The molecule has 0 aliphatic heterocycles. The van der Waals surface area contributed by atoms with E-state index in [2.05, 4.69) is 12.2 Å². The minimum atomic E-state index is -4.13. The number of thioether (sulfide) groups is 1. The Morgan fingerprint density at radius 3 is 2.53 bits per heavy atom. The molecule has 1 nitrogen and oxygen atoms in total. The van der Waals surface area contributed by atoms with Crippen LogP contribution < -0.4 is 5.32 Å². The van der Waals surface area contributed by atoms with Gasteiger partial charge in [0.15, 0.2) is 0 Å². The topological polar surface area (TPSA) is 12.0 Å². The fourth-order valence-corrected chi connectivity index (χ4v) is 2.46. The Kier molecular flexibility index (Phi) is 7.13. The lowest BCUT2D eigenvalue weighted by molar-refractivity contribution is -0.105. The molecule has 0 amide bonds. The fraction of sp³-hybridized carbons (Fsp3) is 0.571. The smallest absolute Gasteiger partial charge is 0.384 e. The normalized spacial score (nSPS) is 11.6. The SMILES string of the molecule is CCCCCCNc1ccccc1SCC(F)(F)F. The van der Waals surface area contributed by atoms with Gasteiger partial charge in [-0.25, -0.2) is 0 Å². The fourth-order valence-electron chi connectivity index (χ4n) is 1.67. The number of para-hydroxylation sites is 1. The summed E-state index contributed by atoms with van der Waals surface area (Å²) in [5, 5.41) is 3.22. The lowest BCUT2D eigenvalue weighted by Crippen LogP contribution is -2.11. The van der Waals surface area contributed by atoms with Gasteiger partial charge in [-0.15, -0.1) is 11.8 Å². The predicted molar refractivity (Wildman–Crippen MR) is 75.9 cm³/mol. The molecule has 0 heterocycles. The van der Waals surface area contributed by atoms with Crippen LogP contribution in [0.4, 0.5) is 18.9 Å². The van der Waals surface area contributed by atoms with E-state index in [1.54, 1.807) is 12.1 Å². The van der Waals surface area contributed by atoms with E-state index < -0.39 is 11.9 Å². The van der Waals surface area contributed by atoms with E-state index in [0.717, 1.165) is 36.8 Å². The molecule has 0 aromatic heterocycles. The van der Waals surface area contributed by atoms with Crippen LogP contribution in [0.2, 0.25) is 0 Å². The highest BCUT2D eigenvalue weighted by Crippen LogP contribution is 2.32. The first-order valence-corrected chi connectivity index (χ1v) is 7.54. The number of rotatable bonds is 8. The molecule has 0 fully saturated rings. The Morgan fingerprint density at radius 1 is 1.11 bits per heavy atom. The predicted octanol–water partition coefficient (Wildman–Crippen LogP) is 5.33. The van der Waals surface area contributed by atoms with Crippen LogP contribution in [0.1, 0.15) is 32.6 Å². The summed E-state index contributed by atoms with van der Waals surface area (Å²) in [6.45, 7) is 2.96. The third-order valence-corrected chi connectivity index (χ3v) is 3.76. The number of unbranched alkanes of at least 4 members (excludes halogenated alkanes) is 3. The second-order valence-corrected chi connectivity index (χ2v) is 5.40. The van der Waals surface area contributed by atoms with Crippen LogP contribution in [0.5, 0.6) is 0 Å². The molecule has 0 saturated heterocycles. The molecule has 0 atom stereocenters. The Balaban J connectivity index is 2.44. The van der Waals surface area contributed by atoms with Gasteiger partial charge >= 0.3 is 6.18 Å². The van der Waals surface area contributed by atoms with Crippen molar-refractivity contribution in [1.29, 1.82) is 0 Å². The first-order valence-electron chi connectivity index (χ1n) is 6.55. The molecule has 0 aliphatic carbocycles. The number of hydrogen-bond acceptors (Lipinski definition) is 2. The van der Waals surface area contributed by atoms with Crippen molar-refractivity contribution in [3.8, 4) is 0 Å². The lowest BCUT2D eigenvalue weighted by Gasteiger charge is -2.12. The Hall–Kier alpha value is -0.840. The summed E-state index contributed by atoms with van der Waals surface area (Å²) in [7, 11) is 0. The van der Waals surface area contributed by atoms with Gasteiger partial charge in [0.2, 0.25) is 0 Å². The minimum absolute atomic E-state index is 0.662. The van der Waals surface area contributed by atoms with Crippen LogP contribution in [-0.2, 0) is 0 Å². The first-order chi connectivity index (χ1) is 9.03. The zero-order valence-corrected chi connectivity index (χ0v) is 11.9. The molecule has 0 radical (unpaired) electrons.